The summed E-state index contributed by atoms with van der Waals surface area (Å²) in [6.45, 7) is 3.36. The second-order valence-corrected chi connectivity index (χ2v) is 4.85. The summed E-state index contributed by atoms with van der Waals surface area (Å²) in [5.74, 6) is 1.14. The van der Waals surface area contributed by atoms with Crippen molar-refractivity contribution in [3.8, 4) is 22.8 Å². The number of carbonyl (C=O) groups excluding carboxylic acids is 1. The zero-order valence-electron chi connectivity index (χ0n) is 12.9. The molecule has 24 heavy (non-hydrogen) atoms. The molecule has 0 radical (unpaired) electrons. The monoisotopic (exact) mass is 325 g/mol. The van der Waals surface area contributed by atoms with Crippen molar-refractivity contribution in [2.24, 2.45) is 0 Å². The lowest BCUT2D eigenvalue weighted by Crippen LogP contribution is -2.02. The summed E-state index contributed by atoms with van der Waals surface area (Å²) in [4.78, 5) is 11.3. The largest absolute Gasteiger partial charge is 0.497 e. The van der Waals surface area contributed by atoms with E-state index >= 15 is 0 Å². The molecule has 0 spiro atoms. The smallest absolute Gasteiger partial charge is 0.335 e. The number of fused-ring (bicyclic) bond motifs is 1. The molecule has 0 aliphatic carbocycles. The van der Waals surface area contributed by atoms with Gasteiger partial charge in [-0.2, -0.15) is 0 Å². The molecule has 0 aliphatic rings. The van der Waals surface area contributed by atoms with Gasteiger partial charge in [0.05, 0.1) is 7.11 Å². The summed E-state index contributed by atoms with van der Waals surface area (Å²) in [7, 11) is 1.61. The Kier molecular flexibility index (Phi) is 4.38. The van der Waals surface area contributed by atoms with Gasteiger partial charge >= 0.3 is 5.97 Å². The third-order valence-electron chi connectivity index (χ3n) is 3.33. The van der Waals surface area contributed by atoms with Crippen molar-refractivity contribution in [3.05, 3.63) is 61.2 Å². The Morgan fingerprint density at radius 2 is 1.83 bits per heavy atom. The predicted molar refractivity (Wildman–Crippen MR) is 88.3 cm³/mol. The summed E-state index contributed by atoms with van der Waals surface area (Å²) in [6.07, 6.45) is 1.09. The van der Waals surface area contributed by atoms with E-state index in [1.165, 1.54) is 0 Å². The third-order valence-corrected chi connectivity index (χ3v) is 3.33. The summed E-state index contributed by atoms with van der Waals surface area (Å²) in [5.41, 5.74) is 1.31. The van der Waals surface area contributed by atoms with E-state index in [2.05, 4.69) is 11.9 Å². The molecule has 0 aliphatic heterocycles. The molecule has 0 amide bonds. The number of aromatic amines is 1. The molecule has 6 heteroatoms. The lowest BCUT2D eigenvalue weighted by atomic mass is 10.1. The van der Waals surface area contributed by atoms with Gasteiger partial charge < -0.3 is 18.5 Å². The van der Waals surface area contributed by atoms with Gasteiger partial charge in [-0.25, -0.2) is 4.79 Å². The van der Waals surface area contributed by atoms with Gasteiger partial charge in [-0.1, -0.05) is 11.9 Å². The molecule has 0 fully saturated rings. The minimum atomic E-state index is -0.540. The first kappa shape index (κ1) is 15.5. The zero-order chi connectivity index (χ0) is 16.9. The summed E-state index contributed by atoms with van der Waals surface area (Å²) < 4.78 is 21.0. The van der Waals surface area contributed by atoms with Gasteiger partial charge in [0.25, 0.3) is 0 Å². The van der Waals surface area contributed by atoms with Crippen LogP contribution in [-0.4, -0.2) is 18.4 Å². The highest BCUT2D eigenvalue weighted by molar-refractivity contribution is 5.85. The predicted octanol–water partition coefficient (Wildman–Crippen LogP) is 4.25. The van der Waals surface area contributed by atoms with Crippen LogP contribution in [0.3, 0.4) is 0 Å². The van der Waals surface area contributed by atoms with E-state index in [4.69, 9.17) is 18.5 Å². The Morgan fingerprint density at radius 1 is 1.08 bits per heavy atom. The van der Waals surface area contributed by atoms with E-state index in [0.717, 1.165) is 22.8 Å². The number of esters is 1. The number of rotatable bonds is 4. The molecule has 0 unspecified atom stereocenters. The molecule has 122 valence electrons. The van der Waals surface area contributed by atoms with E-state index in [0.29, 0.717) is 17.1 Å². The van der Waals surface area contributed by atoms with Gasteiger partial charge in [-0.15, -0.1) is 0 Å². The van der Waals surface area contributed by atoms with Crippen molar-refractivity contribution in [1.29, 1.82) is 0 Å². The van der Waals surface area contributed by atoms with E-state index in [-0.39, 0.29) is 0 Å². The average Bonchev–Trinajstić information content (AvgIpc) is 2.83. The van der Waals surface area contributed by atoms with Gasteiger partial charge in [0.2, 0.25) is 0 Å². The molecule has 0 bridgehead atoms. The first-order valence-electron chi connectivity index (χ1n) is 7.12. The minimum Gasteiger partial charge on any atom is -0.497 e. The number of nitrogens with one attached hydrogen (secondary N) is 1. The van der Waals surface area contributed by atoms with E-state index in [9.17, 15) is 4.79 Å². The van der Waals surface area contributed by atoms with Crippen LogP contribution in [0.25, 0.3) is 22.3 Å². The molecule has 1 aromatic heterocycles. The van der Waals surface area contributed by atoms with E-state index in [1.807, 2.05) is 30.3 Å². The molecular formula is C18H15NO5. The lowest BCUT2D eigenvalue weighted by Gasteiger charge is -2.01. The molecule has 6 nitrogen and oxygen atoms in total. The van der Waals surface area contributed by atoms with Crippen molar-refractivity contribution in [2.45, 2.75) is 0 Å². The number of hydrogen-bond acceptors (Lipinski definition) is 5. The Bertz CT molecular complexity index is 912. The van der Waals surface area contributed by atoms with Crippen molar-refractivity contribution in [2.75, 3.05) is 7.11 Å². The number of methoxy groups -OCH3 is 1. The molecule has 2 aromatic carbocycles. The average molecular weight is 325 g/mol. The van der Waals surface area contributed by atoms with Gasteiger partial charge in [0.15, 0.2) is 11.3 Å². The molecule has 0 atom stereocenters. The third kappa shape index (κ3) is 3.33. The van der Waals surface area contributed by atoms with Gasteiger partial charge in [0, 0.05) is 23.1 Å². The van der Waals surface area contributed by atoms with Crippen molar-refractivity contribution in [3.63, 3.8) is 0 Å². The number of H-pyrrole nitrogens is 1. The summed E-state index contributed by atoms with van der Waals surface area (Å²) in [5, 5.41) is 3.18. The lowest BCUT2D eigenvalue weighted by molar-refractivity contribution is -0.128. The highest BCUT2D eigenvalue weighted by atomic mass is 16.7. The topological polar surface area (TPSA) is 77.6 Å². The molecule has 3 aromatic rings. The van der Waals surface area contributed by atoms with Crippen molar-refractivity contribution < 1.29 is 23.3 Å². The fourth-order valence-electron chi connectivity index (χ4n) is 2.12. The summed E-state index contributed by atoms with van der Waals surface area (Å²) in [6, 6.07) is 14.2. The molecule has 0 saturated carbocycles. The number of ether oxygens (including phenoxy) is 2. The van der Waals surface area contributed by atoms with Crippen LogP contribution in [-0.2, 0) is 4.79 Å². The SMILES string of the molecule is C=CC(=O)Oc1ccc2cc(-c3ccc(OC)cc3)o[nH]oc2c1. The maximum atomic E-state index is 11.3. The van der Waals surface area contributed by atoms with Crippen LogP contribution in [0.15, 0.2) is 70.2 Å². The fraction of sp³-hybridized carbons (Fsp3) is 0.0556. The second kappa shape index (κ2) is 6.78. The Morgan fingerprint density at radius 3 is 2.54 bits per heavy atom. The normalized spacial score (nSPS) is 10.2. The highest BCUT2D eigenvalue weighted by Gasteiger charge is 2.06. The number of carbonyl (C=O) groups is 1. The second-order valence-electron chi connectivity index (χ2n) is 4.85. The van der Waals surface area contributed by atoms with Crippen LogP contribution in [0.1, 0.15) is 0 Å². The Labute approximate surface area is 137 Å². The van der Waals surface area contributed by atoms with Gasteiger partial charge in [0.1, 0.15) is 11.5 Å². The molecular weight excluding hydrogens is 310 g/mol. The minimum absolute atomic E-state index is 0.349. The zero-order valence-corrected chi connectivity index (χ0v) is 12.9. The van der Waals surface area contributed by atoms with Crippen molar-refractivity contribution >= 4 is 16.9 Å². The standard InChI is InChI=1S/C18H15NO5/c1-3-18(20)22-15-9-6-13-10-16(23-19-24-17(13)11-15)12-4-7-14(21-2)8-5-12/h3-11,19H,1H2,2H3. The molecule has 3 rings (SSSR count). The first-order valence-corrected chi connectivity index (χ1v) is 7.12. The number of hydrogen-bond donors (Lipinski definition) is 1. The van der Waals surface area contributed by atoms with E-state index in [1.54, 1.807) is 25.3 Å². The van der Waals surface area contributed by atoms with Crippen LogP contribution >= 0.6 is 0 Å². The first-order chi connectivity index (χ1) is 11.7. The fourth-order valence-corrected chi connectivity index (χ4v) is 2.12. The Hall–Kier alpha value is -3.41. The van der Waals surface area contributed by atoms with Crippen molar-refractivity contribution in [1.82, 2.24) is 5.33 Å². The van der Waals surface area contributed by atoms with Crippen LogP contribution < -0.4 is 9.47 Å². The van der Waals surface area contributed by atoms with Crippen LogP contribution in [0, 0.1) is 0 Å². The van der Waals surface area contributed by atoms with Gasteiger partial charge in [-0.3, -0.25) is 0 Å². The highest BCUT2D eigenvalue weighted by Crippen LogP contribution is 2.26. The number of benzene rings is 2. The maximum Gasteiger partial charge on any atom is 0.335 e. The molecule has 1 N–H and O–H groups in total. The Balaban J connectivity index is 2.01. The maximum absolute atomic E-state index is 11.3. The van der Waals surface area contributed by atoms with Crippen LogP contribution in [0.4, 0.5) is 0 Å². The van der Waals surface area contributed by atoms with Crippen LogP contribution in [0.2, 0.25) is 0 Å². The number of aromatic nitrogens is 1. The quantitative estimate of drug-likeness (QED) is 0.441. The molecule has 0 saturated heterocycles. The van der Waals surface area contributed by atoms with Crippen LogP contribution in [0.5, 0.6) is 11.5 Å². The van der Waals surface area contributed by atoms with Gasteiger partial charge in [-0.05, 0) is 42.5 Å². The summed E-state index contributed by atoms with van der Waals surface area (Å²) >= 11 is 0. The van der Waals surface area contributed by atoms with E-state index < -0.39 is 5.97 Å². The molecule has 1 heterocycles.